The minimum Gasteiger partial charge on any atom is -0.494 e. The van der Waals surface area contributed by atoms with Crippen molar-refractivity contribution in [3.05, 3.63) is 23.3 Å². The van der Waals surface area contributed by atoms with Gasteiger partial charge in [0, 0.05) is 26.2 Å². The fraction of sp³-hybridized carbons (Fsp3) is 0.611. The standard InChI is InChI=1S/C18H29N3O3/c1-18(2,3)13-11-14(17(19)22)16(23-4)15(12-13)20-5-6-21-7-9-24-10-8-21/h11-12,20H,5-10H2,1-4H3,(H2,19,22). The molecule has 0 spiro atoms. The Hall–Kier alpha value is -1.79. The number of methoxy groups -OCH3 is 1. The Labute approximate surface area is 144 Å². The summed E-state index contributed by atoms with van der Waals surface area (Å²) in [5, 5.41) is 3.40. The van der Waals surface area contributed by atoms with Crippen molar-refractivity contribution in [1.82, 2.24) is 4.90 Å². The molecule has 0 radical (unpaired) electrons. The van der Waals surface area contributed by atoms with Gasteiger partial charge < -0.3 is 20.5 Å². The third kappa shape index (κ3) is 4.61. The highest BCUT2D eigenvalue weighted by Gasteiger charge is 2.22. The third-order valence-electron chi connectivity index (χ3n) is 4.27. The summed E-state index contributed by atoms with van der Waals surface area (Å²) in [4.78, 5) is 14.2. The summed E-state index contributed by atoms with van der Waals surface area (Å²) in [6, 6.07) is 3.87. The predicted molar refractivity (Wildman–Crippen MR) is 96.0 cm³/mol. The molecule has 6 nitrogen and oxygen atoms in total. The Morgan fingerprint density at radius 1 is 1.33 bits per heavy atom. The second kappa shape index (κ2) is 7.85. The van der Waals surface area contributed by atoms with Gasteiger partial charge in [-0.25, -0.2) is 0 Å². The lowest BCUT2D eigenvalue weighted by atomic mass is 9.85. The average molecular weight is 335 g/mol. The van der Waals surface area contributed by atoms with Gasteiger partial charge in [-0.05, 0) is 23.1 Å². The number of hydrogen-bond acceptors (Lipinski definition) is 5. The topological polar surface area (TPSA) is 76.8 Å². The van der Waals surface area contributed by atoms with Crippen molar-refractivity contribution in [3.63, 3.8) is 0 Å². The smallest absolute Gasteiger partial charge is 0.252 e. The Bertz CT molecular complexity index is 576. The molecule has 1 aromatic rings. The van der Waals surface area contributed by atoms with Crippen LogP contribution in [0.25, 0.3) is 0 Å². The molecule has 2 rings (SSSR count). The van der Waals surface area contributed by atoms with Crippen LogP contribution in [-0.4, -0.2) is 57.3 Å². The Kier molecular flexibility index (Phi) is 6.07. The van der Waals surface area contributed by atoms with E-state index in [-0.39, 0.29) is 5.41 Å². The number of amides is 1. The number of primary amides is 1. The van der Waals surface area contributed by atoms with Gasteiger partial charge in [-0.2, -0.15) is 0 Å². The summed E-state index contributed by atoms with van der Waals surface area (Å²) in [5.41, 5.74) is 7.74. The van der Waals surface area contributed by atoms with Gasteiger partial charge in [0.1, 0.15) is 0 Å². The van der Waals surface area contributed by atoms with Crippen LogP contribution in [0.3, 0.4) is 0 Å². The molecule has 1 amide bonds. The van der Waals surface area contributed by atoms with Gasteiger partial charge in [0.15, 0.2) is 5.75 Å². The summed E-state index contributed by atoms with van der Waals surface area (Å²) in [6.07, 6.45) is 0. The van der Waals surface area contributed by atoms with Crippen molar-refractivity contribution in [3.8, 4) is 5.75 Å². The first kappa shape index (κ1) is 18.5. The first-order valence-corrected chi connectivity index (χ1v) is 8.39. The lowest BCUT2D eigenvalue weighted by Crippen LogP contribution is -2.39. The van der Waals surface area contributed by atoms with E-state index in [9.17, 15) is 4.79 Å². The molecule has 1 heterocycles. The summed E-state index contributed by atoms with van der Waals surface area (Å²) in [7, 11) is 1.56. The van der Waals surface area contributed by atoms with Crippen molar-refractivity contribution in [2.75, 3.05) is 51.8 Å². The largest absolute Gasteiger partial charge is 0.494 e. The molecule has 0 aromatic heterocycles. The van der Waals surface area contributed by atoms with Gasteiger partial charge in [-0.3, -0.25) is 9.69 Å². The normalized spacial score (nSPS) is 16.0. The lowest BCUT2D eigenvalue weighted by molar-refractivity contribution is 0.0398. The van der Waals surface area contributed by atoms with Gasteiger partial charge in [0.2, 0.25) is 0 Å². The molecular weight excluding hydrogens is 306 g/mol. The Morgan fingerprint density at radius 3 is 2.54 bits per heavy atom. The zero-order chi connectivity index (χ0) is 17.7. The summed E-state index contributed by atoms with van der Waals surface area (Å²) < 4.78 is 10.8. The predicted octanol–water partition coefficient (Wildman–Crippen LogP) is 1.84. The second-order valence-corrected chi connectivity index (χ2v) is 7.10. The zero-order valence-corrected chi connectivity index (χ0v) is 15.1. The number of carbonyl (C=O) groups is 1. The molecule has 0 aliphatic carbocycles. The maximum Gasteiger partial charge on any atom is 0.252 e. The van der Waals surface area contributed by atoms with Crippen molar-refractivity contribution in [1.29, 1.82) is 0 Å². The maximum absolute atomic E-state index is 11.8. The molecule has 0 bridgehead atoms. The number of carbonyl (C=O) groups excluding carboxylic acids is 1. The molecule has 1 aliphatic heterocycles. The van der Waals surface area contributed by atoms with E-state index in [1.807, 2.05) is 12.1 Å². The van der Waals surface area contributed by atoms with Crippen LogP contribution in [0.2, 0.25) is 0 Å². The quantitative estimate of drug-likeness (QED) is 0.829. The van der Waals surface area contributed by atoms with E-state index >= 15 is 0 Å². The number of benzene rings is 1. The Morgan fingerprint density at radius 2 is 2.00 bits per heavy atom. The molecule has 0 atom stereocenters. The zero-order valence-electron chi connectivity index (χ0n) is 15.1. The van der Waals surface area contributed by atoms with E-state index in [1.165, 1.54) is 0 Å². The van der Waals surface area contributed by atoms with Crippen LogP contribution in [0.15, 0.2) is 12.1 Å². The van der Waals surface area contributed by atoms with Crippen molar-refractivity contribution in [2.24, 2.45) is 5.73 Å². The van der Waals surface area contributed by atoms with Gasteiger partial charge in [0.25, 0.3) is 5.91 Å². The van der Waals surface area contributed by atoms with E-state index in [0.717, 1.165) is 50.6 Å². The number of morpholine rings is 1. The van der Waals surface area contributed by atoms with E-state index in [0.29, 0.717) is 11.3 Å². The Balaban J connectivity index is 2.19. The van der Waals surface area contributed by atoms with Gasteiger partial charge in [-0.15, -0.1) is 0 Å². The van der Waals surface area contributed by atoms with Crippen LogP contribution in [0.1, 0.15) is 36.7 Å². The van der Waals surface area contributed by atoms with Gasteiger partial charge in [-0.1, -0.05) is 20.8 Å². The van der Waals surface area contributed by atoms with Gasteiger partial charge >= 0.3 is 0 Å². The first-order chi connectivity index (χ1) is 11.3. The molecule has 1 fully saturated rings. The minimum absolute atomic E-state index is 0.0862. The molecule has 0 saturated carbocycles. The van der Waals surface area contributed by atoms with Crippen LogP contribution in [0.5, 0.6) is 5.75 Å². The molecule has 6 heteroatoms. The van der Waals surface area contributed by atoms with Crippen molar-refractivity contribution >= 4 is 11.6 Å². The van der Waals surface area contributed by atoms with Crippen molar-refractivity contribution < 1.29 is 14.3 Å². The molecule has 1 saturated heterocycles. The van der Waals surface area contributed by atoms with Crippen LogP contribution in [-0.2, 0) is 10.2 Å². The van der Waals surface area contributed by atoms with Crippen LogP contribution < -0.4 is 15.8 Å². The average Bonchev–Trinajstić information content (AvgIpc) is 2.54. The number of ether oxygens (including phenoxy) is 2. The molecule has 3 N–H and O–H groups in total. The lowest BCUT2D eigenvalue weighted by Gasteiger charge is -2.27. The SMILES string of the molecule is COc1c(NCCN2CCOCC2)cc(C(C)(C)C)cc1C(N)=O. The monoisotopic (exact) mass is 335 g/mol. The van der Waals surface area contributed by atoms with E-state index in [1.54, 1.807) is 7.11 Å². The highest BCUT2D eigenvalue weighted by molar-refractivity contribution is 5.98. The number of nitrogens with one attached hydrogen (secondary N) is 1. The molecule has 134 valence electrons. The van der Waals surface area contributed by atoms with Gasteiger partial charge in [0.05, 0.1) is 31.6 Å². The number of rotatable bonds is 6. The summed E-state index contributed by atoms with van der Waals surface area (Å²) >= 11 is 0. The molecule has 1 aromatic carbocycles. The van der Waals surface area contributed by atoms with Crippen LogP contribution >= 0.6 is 0 Å². The summed E-state index contributed by atoms with van der Waals surface area (Å²) in [5.74, 6) is 0.0339. The molecule has 0 unspecified atom stereocenters. The number of anilines is 1. The molecule has 24 heavy (non-hydrogen) atoms. The van der Waals surface area contributed by atoms with Crippen LogP contribution in [0.4, 0.5) is 5.69 Å². The highest BCUT2D eigenvalue weighted by Crippen LogP contribution is 2.35. The first-order valence-electron chi connectivity index (χ1n) is 8.39. The van der Waals surface area contributed by atoms with E-state index in [2.05, 4.69) is 31.0 Å². The van der Waals surface area contributed by atoms with Crippen molar-refractivity contribution in [2.45, 2.75) is 26.2 Å². The fourth-order valence-electron chi connectivity index (χ4n) is 2.77. The third-order valence-corrected chi connectivity index (χ3v) is 4.27. The van der Waals surface area contributed by atoms with Crippen LogP contribution in [0, 0.1) is 0 Å². The molecule has 1 aliphatic rings. The number of hydrogen-bond donors (Lipinski definition) is 2. The molecular formula is C18H29N3O3. The second-order valence-electron chi connectivity index (χ2n) is 7.10. The highest BCUT2D eigenvalue weighted by atomic mass is 16.5. The van der Waals surface area contributed by atoms with E-state index < -0.39 is 5.91 Å². The number of nitrogens with two attached hydrogens (primary N) is 1. The maximum atomic E-state index is 11.8. The van der Waals surface area contributed by atoms with E-state index in [4.69, 9.17) is 15.2 Å². The minimum atomic E-state index is -0.478. The summed E-state index contributed by atoms with van der Waals surface area (Å²) in [6.45, 7) is 11.5. The fourth-order valence-corrected chi connectivity index (χ4v) is 2.77. The number of nitrogens with zero attached hydrogens (tertiary/aromatic N) is 1.